The predicted octanol–water partition coefficient (Wildman–Crippen LogP) is 4.20. The maximum Gasteiger partial charge on any atom is 0.237 e. The van der Waals surface area contributed by atoms with Crippen LogP contribution in [-0.4, -0.2) is 50.4 Å². The molecule has 1 aliphatic heterocycles. The van der Waals surface area contributed by atoms with Crippen molar-refractivity contribution in [1.29, 1.82) is 0 Å². The van der Waals surface area contributed by atoms with Crippen LogP contribution in [0.15, 0.2) is 85.2 Å². The summed E-state index contributed by atoms with van der Waals surface area (Å²) in [5.41, 5.74) is 5.70. The quantitative estimate of drug-likeness (QED) is 0.391. The van der Waals surface area contributed by atoms with Crippen molar-refractivity contribution >= 4 is 5.91 Å². The molecule has 4 aromatic rings. The van der Waals surface area contributed by atoms with Gasteiger partial charge < -0.3 is 9.47 Å². The second kappa shape index (κ2) is 10.7. The van der Waals surface area contributed by atoms with E-state index in [-0.39, 0.29) is 5.91 Å². The van der Waals surface area contributed by atoms with Gasteiger partial charge in [-0.15, -0.1) is 0 Å². The Morgan fingerprint density at radius 2 is 1.60 bits per heavy atom. The van der Waals surface area contributed by atoms with Crippen molar-refractivity contribution in [3.05, 3.63) is 108 Å². The molecule has 0 aliphatic carbocycles. The molecule has 1 aliphatic rings. The minimum atomic E-state index is 0.152. The number of rotatable bonds is 8. The fraction of sp³-hybridized carbons (Fsp3) is 0.276. The molecule has 35 heavy (non-hydrogen) atoms. The molecule has 2 aromatic heterocycles. The molecular weight excluding hydrogens is 434 g/mol. The Labute approximate surface area is 206 Å². The molecule has 0 saturated carbocycles. The van der Waals surface area contributed by atoms with Gasteiger partial charge in [-0.25, -0.2) is 4.98 Å². The summed E-state index contributed by atoms with van der Waals surface area (Å²) in [5, 5.41) is 0. The maximum absolute atomic E-state index is 13.2. The first-order valence-electron chi connectivity index (χ1n) is 12.2. The summed E-state index contributed by atoms with van der Waals surface area (Å²) in [6.07, 6.45) is 5.41. The Kier molecular flexibility index (Phi) is 7.00. The highest BCUT2D eigenvalue weighted by atomic mass is 16.2. The van der Waals surface area contributed by atoms with Gasteiger partial charge in [0, 0.05) is 44.0 Å². The van der Waals surface area contributed by atoms with E-state index in [0.717, 1.165) is 54.3 Å². The summed E-state index contributed by atoms with van der Waals surface area (Å²) in [5.74, 6) is 1.25. The summed E-state index contributed by atoms with van der Waals surface area (Å²) in [6.45, 7) is 3.18. The third kappa shape index (κ3) is 5.49. The van der Waals surface area contributed by atoms with Crippen LogP contribution in [0.1, 0.15) is 22.6 Å². The van der Waals surface area contributed by atoms with Crippen molar-refractivity contribution < 1.29 is 4.79 Å². The van der Waals surface area contributed by atoms with E-state index < -0.39 is 0 Å². The number of fused-ring (bicyclic) bond motifs is 1. The normalized spacial score (nSPS) is 13.1. The number of benzene rings is 2. The van der Waals surface area contributed by atoms with Crippen LogP contribution < -0.4 is 0 Å². The second-order valence-corrected chi connectivity index (χ2v) is 9.17. The van der Waals surface area contributed by atoms with Crippen LogP contribution >= 0.6 is 0 Å². The number of likely N-dealkylation sites (N-methyl/N-ethyl adjacent to an activating group) is 1. The van der Waals surface area contributed by atoms with E-state index in [2.05, 4.69) is 56.9 Å². The maximum atomic E-state index is 13.2. The van der Waals surface area contributed by atoms with E-state index in [0.29, 0.717) is 19.6 Å². The van der Waals surface area contributed by atoms with Gasteiger partial charge in [0.1, 0.15) is 5.82 Å². The number of carbonyl (C=O) groups is 1. The molecule has 2 aromatic carbocycles. The van der Waals surface area contributed by atoms with Crippen LogP contribution in [-0.2, 0) is 37.3 Å². The van der Waals surface area contributed by atoms with Gasteiger partial charge in [0.05, 0.1) is 24.5 Å². The molecule has 5 rings (SSSR count). The van der Waals surface area contributed by atoms with Gasteiger partial charge in [-0.2, -0.15) is 0 Å². The number of pyridine rings is 1. The summed E-state index contributed by atoms with van der Waals surface area (Å²) in [6, 6.07) is 24.9. The van der Waals surface area contributed by atoms with Crippen molar-refractivity contribution in [2.75, 3.05) is 20.1 Å². The third-order valence-corrected chi connectivity index (χ3v) is 6.57. The number of carbonyl (C=O) groups excluding carboxylic acids is 1. The zero-order valence-electron chi connectivity index (χ0n) is 20.2. The van der Waals surface area contributed by atoms with Crippen LogP contribution in [0.5, 0.6) is 0 Å². The number of amides is 1. The Bertz CT molecular complexity index is 1250. The van der Waals surface area contributed by atoms with Gasteiger partial charge in [0.15, 0.2) is 0 Å². The number of aromatic nitrogens is 3. The monoisotopic (exact) mass is 465 g/mol. The van der Waals surface area contributed by atoms with Crippen molar-refractivity contribution in [1.82, 2.24) is 24.3 Å². The first kappa shape index (κ1) is 23.0. The molecule has 6 heteroatoms. The zero-order chi connectivity index (χ0) is 24.0. The molecule has 0 bridgehead atoms. The lowest BCUT2D eigenvalue weighted by atomic mass is 10.1. The van der Waals surface area contributed by atoms with Crippen molar-refractivity contribution in [2.45, 2.75) is 32.5 Å². The number of aryl methyl sites for hydroxylation is 2. The lowest BCUT2D eigenvalue weighted by Gasteiger charge is -2.31. The van der Waals surface area contributed by atoms with Crippen LogP contribution in [0.4, 0.5) is 0 Å². The topological polar surface area (TPSA) is 54.3 Å². The first-order valence-corrected chi connectivity index (χ1v) is 12.2. The van der Waals surface area contributed by atoms with Crippen molar-refractivity contribution in [3.63, 3.8) is 0 Å². The van der Waals surface area contributed by atoms with Crippen LogP contribution in [0, 0.1) is 0 Å². The molecule has 0 N–H and O–H groups in total. The van der Waals surface area contributed by atoms with Gasteiger partial charge in [0.25, 0.3) is 0 Å². The third-order valence-electron chi connectivity index (χ3n) is 6.57. The van der Waals surface area contributed by atoms with Crippen LogP contribution in [0.2, 0.25) is 0 Å². The van der Waals surface area contributed by atoms with Gasteiger partial charge in [-0.1, -0.05) is 60.7 Å². The predicted molar refractivity (Wildman–Crippen MR) is 138 cm³/mol. The fourth-order valence-corrected chi connectivity index (χ4v) is 4.76. The van der Waals surface area contributed by atoms with E-state index in [1.807, 2.05) is 42.3 Å². The lowest BCUT2D eigenvalue weighted by Crippen LogP contribution is -2.43. The lowest BCUT2D eigenvalue weighted by molar-refractivity contribution is -0.133. The fourth-order valence-electron chi connectivity index (χ4n) is 4.76. The number of hydrogen-bond donors (Lipinski definition) is 0. The van der Waals surface area contributed by atoms with Gasteiger partial charge in [0.2, 0.25) is 5.91 Å². The van der Waals surface area contributed by atoms with E-state index in [9.17, 15) is 4.79 Å². The number of hydrogen-bond acceptors (Lipinski definition) is 4. The van der Waals surface area contributed by atoms with Gasteiger partial charge in [-0.3, -0.25) is 14.7 Å². The first-order chi connectivity index (χ1) is 17.2. The van der Waals surface area contributed by atoms with E-state index in [4.69, 9.17) is 4.98 Å². The smallest absolute Gasteiger partial charge is 0.237 e. The highest BCUT2D eigenvalue weighted by Crippen LogP contribution is 2.28. The average molecular weight is 466 g/mol. The molecule has 0 fully saturated rings. The Morgan fingerprint density at radius 3 is 2.34 bits per heavy atom. The molecule has 1 amide bonds. The Hall–Kier alpha value is -3.77. The highest BCUT2D eigenvalue weighted by Gasteiger charge is 2.27. The minimum Gasteiger partial charge on any atom is -0.334 e. The zero-order valence-corrected chi connectivity index (χ0v) is 20.2. The van der Waals surface area contributed by atoms with E-state index >= 15 is 0 Å². The second-order valence-electron chi connectivity index (χ2n) is 9.17. The average Bonchev–Trinajstić information content (AvgIpc) is 3.27. The largest absolute Gasteiger partial charge is 0.334 e. The summed E-state index contributed by atoms with van der Waals surface area (Å²) >= 11 is 0. The molecular formula is C29H31N5O. The van der Waals surface area contributed by atoms with E-state index in [1.165, 1.54) is 5.56 Å². The Balaban J connectivity index is 1.33. The number of imidazole rings is 1. The van der Waals surface area contributed by atoms with Crippen LogP contribution in [0.3, 0.4) is 0 Å². The molecule has 6 nitrogen and oxygen atoms in total. The van der Waals surface area contributed by atoms with Gasteiger partial charge in [-0.05, 0) is 36.7 Å². The van der Waals surface area contributed by atoms with Gasteiger partial charge >= 0.3 is 0 Å². The molecule has 178 valence electrons. The van der Waals surface area contributed by atoms with Crippen molar-refractivity contribution in [3.8, 4) is 11.3 Å². The molecule has 3 heterocycles. The number of nitrogens with zero attached hydrogens (tertiary/aromatic N) is 5. The molecule has 0 unspecified atom stereocenters. The Morgan fingerprint density at radius 1 is 0.886 bits per heavy atom. The molecule has 0 radical (unpaired) electrons. The summed E-state index contributed by atoms with van der Waals surface area (Å²) < 4.78 is 2.34. The van der Waals surface area contributed by atoms with E-state index in [1.54, 1.807) is 12.4 Å². The SMILES string of the molecule is CN(CC(=O)N1CCn2c(CCc3ccccc3)nc(-c3ccccc3)c2C1)Cc1ccncc1. The molecule has 0 atom stereocenters. The highest BCUT2D eigenvalue weighted by molar-refractivity contribution is 5.78. The van der Waals surface area contributed by atoms with Crippen LogP contribution in [0.25, 0.3) is 11.3 Å². The molecule has 0 spiro atoms. The summed E-state index contributed by atoms with van der Waals surface area (Å²) in [7, 11) is 1.99. The van der Waals surface area contributed by atoms with Crippen molar-refractivity contribution in [2.24, 2.45) is 0 Å². The summed E-state index contributed by atoms with van der Waals surface area (Å²) in [4.78, 5) is 26.4. The standard InChI is InChI=1S/C29H31N5O/c1-32(20-24-14-16-30-17-15-24)22-28(35)33-18-19-34-26(21-33)29(25-10-6-3-7-11-25)31-27(34)13-12-23-8-4-2-5-9-23/h2-11,14-17H,12-13,18-22H2,1H3. The molecule has 0 saturated heterocycles. The minimum absolute atomic E-state index is 0.152.